The summed E-state index contributed by atoms with van der Waals surface area (Å²) in [6.07, 6.45) is 2.37. The molecule has 0 bridgehead atoms. The lowest BCUT2D eigenvalue weighted by Gasteiger charge is -2.35. The number of piperidine rings is 2. The topological polar surface area (TPSA) is 40.6 Å². The lowest BCUT2D eigenvalue weighted by atomic mass is 9.91. The van der Waals surface area contributed by atoms with E-state index in [0.29, 0.717) is 34.8 Å². The highest BCUT2D eigenvalue weighted by molar-refractivity contribution is 5.98. The number of carbonyl (C=O) groups is 2. The summed E-state index contributed by atoms with van der Waals surface area (Å²) in [6.45, 7) is 12.1. The molecule has 2 aliphatic heterocycles. The highest BCUT2D eigenvalue weighted by Crippen LogP contribution is 2.24. The van der Waals surface area contributed by atoms with Crippen LogP contribution in [0.3, 0.4) is 0 Å². The van der Waals surface area contributed by atoms with Gasteiger partial charge in [0.05, 0.1) is 0 Å². The van der Waals surface area contributed by atoms with E-state index in [1.54, 1.807) is 0 Å². The SMILES string of the molecule is C[C@@H]1C[C@H](C)CN(C(=O)c2ccc(C(=O)N3C[C@H](C)C[C@H](C)C3)cc2)C1. The van der Waals surface area contributed by atoms with Crippen molar-refractivity contribution in [3.8, 4) is 0 Å². The maximum atomic E-state index is 12.8. The summed E-state index contributed by atoms with van der Waals surface area (Å²) in [5.41, 5.74) is 1.37. The molecule has 4 heteroatoms. The van der Waals surface area contributed by atoms with Crippen molar-refractivity contribution in [3.63, 3.8) is 0 Å². The molecule has 2 saturated heterocycles. The second-order valence-electron chi connectivity index (χ2n) is 8.89. The summed E-state index contributed by atoms with van der Waals surface area (Å²) in [5.74, 6) is 2.36. The normalized spacial score (nSPS) is 29.5. The third-order valence-electron chi connectivity index (χ3n) is 5.69. The second-order valence-corrected chi connectivity index (χ2v) is 8.89. The number of amides is 2. The third kappa shape index (κ3) is 4.28. The quantitative estimate of drug-likeness (QED) is 0.806. The fourth-order valence-corrected chi connectivity index (χ4v) is 4.78. The Bertz CT molecular complexity index is 578. The average Bonchev–Trinajstić information content (AvgIpc) is 2.59. The molecule has 0 unspecified atom stereocenters. The first-order valence-corrected chi connectivity index (χ1v) is 10.0. The molecular formula is C22H32N2O2. The summed E-state index contributed by atoms with van der Waals surface area (Å²) < 4.78 is 0. The van der Waals surface area contributed by atoms with E-state index in [4.69, 9.17) is 0 Å². The van der Waals surface area contributed by atoms with E-state index in [1.165, 1.54) is 12.8 Å². The summed E-state index contributed by atoms with van der Waals surface area (Å²) in [5, 5.41) is 0. The van der Waals surface area contributed by atoms with Crippen molar-refractivity contribution in [2.45, 2.75) is 40.5 Å². The number of carbonyl (C=O) groups excluding carboxylic acids is 2. The fraction of sp³-hybridized carbons (Fsp3) is 0.636. The minimum Gasteiger partial charge on any atom is -0.338 e. The zero-order valence-corrected chi connectivity index (χ0v) is 16.6. The van der Waals surface area contributed by atoms with Gasteiger partial charge < -0.3 is 9.80 Å². The van der Waals surface area contributed by atoms with Gasteiger partial charge in [-0.2, -0.15) is 0 Å². The zero-order chi connectivity index (χ0) is 18.8. The van der Waals surface area contributed by atoms with Crippen molar-refractivity contribution in [3.05, 3.63) is 35.4 Å². The van der Waals surface area contributed by atoms with E-state index in [1.807, 2.05) is 34.1 Å². The van der Waals surface area contributed by atoms with Crippen LogP contribution in [0, 0.1) is 23.7 Å². The maximum Gasteiger partial charge on any atom is 0.253 e. The van der Waals surface area contributed by atoms with Gasteiger partial charge in [-0.3, -0.25) is 9.59 Å². The van der Waals surface area contributed by atoms with E-state index in [0.717, 1.165) is 26.2 Å². The van der Waals surface area contributed by atoms with Crippen LogP contribution in [0.4, 0.5) is 0 Å². The predicted octanol–water partition coefficient (Wildman–Crippen LogP) is 3.92. The Morgan fingerprint density at radius 1 is 0.654 bits per heavy atom. The smallest absolute Gasteiger partial charge is 0.253 e. The molecule has 0 aliphatic carbocycles. The van der Waals surface area contributed by atoms with Crippen molar-refractivity contribution in [1.29, 1.82) is 0 Å². The largest absolute Gasteiger partial charge is 0.338 e. The number of likely N-dealkylation sites (tertiary alicyclic amines) is 2. The van der Waals surface area contributed by atoms with E-state index in [2.05, 4.69) is 27.7 Å². The van der Waals surface area contributed by atoms with E-state index in [9.17, 15) is 9.59 Å². The van der Waals surface area contributed by atoms with E-state index >= 15 is 0 Å². The summed E-state index contributed by atoms with van der Waals surface area (Å²) >= 11 is 0. The Hall–Kier alpha value is -1.84. The van der Waals surface area contributed by atoms with E-state index in [-0.39, 0.29) is 11.8 Å². The van der Waals surface area contributed by atoms with Crippen LogP contribution in [0.1, 0.15) is 61.3 Å². The molecule has 2 fully saturated rings. The number of hydrogen-bond acceptors (Lipinski definition) is 2. The van der Waals surface area contributed by atoms with Crippen molar-refractivity contribution < 1.29 is 9.59 Å². The highest BCUT2D eigenvalue weighted by atomic mass is 16.2. The lowest BCUT2D eigenvalue weighted by molar-refractivity contribution is 0.0613. The standard InChI is InChI=1S/C22H32N2O2/c1-15-9-16(2)12-23(11-15)21(25)19-5-7-20(8-6-19)22(26)24-13-17(3)10-18(4)14-24/h5-8,15-18H,9-14H2,1-4H3/t15-,16+,17-,18+. The van der Waals surface area contributed by atoms with Gasteiger partial charge in [0.15, 0.2) is 0 Å². The van der Waals surface area contributed by atoms with Crippen LogP contribution in [0.2, 0.25) is 0 Å². The third-order valence-corrected chi connectivity index (χ3v) is 5.69. The first kappa shape index (κ1) is 18.9. The minimum absolute atomic E-state index is 0.0858. The minimum atomic E-state index is 0.0858. The van der Waals surface area contributed by atoms with Gasteiger partial charge in [-0.1, -0.05) is 27.7 Å². The Labute approximate surface area is 157 Å². The predicted molar refractivity (Wildman–Crippen MR) is 104 cm³/mol. The molecule has 0 N–H and O–H groups in total. The zero-order valence-electron chi connectivity index (χ0n) is 16.6. The highest BCUT2D eigenvalue weighted by Gasteiger charge is 2.28. The molecule has 142 valence electrons. The van der Waals surface area contributed by atoms with Crippen molar-refractivity contribution >= 4 is 11.8 Å². The van der Waals surface area contributed by atoms with Crippen LogP contribution in [0.15, 0.2) is 24.3 Å². The maximum absolute atomic E-state index is 12.8. The molecular weight excluding hydrogens is 324 g/mol. The number of hydrogen-bond donors (Lipinski definition) is 0. The van der Waals surface area contributed by atoms with Crippen LogP contribution in [-0.2, 0) is 0 Å². The van der Waals surface area contributed by atoms with Gasteiger partial charge in [-0.05, 0) is 60.8 Å². The molecule has 1 aromatic carbocycles. The van der Waals surface area contributed by atoms with Crippen LogP contribution >= 0.6 is 0 Å². The molecule has 0 aromatic heterocycles. The summed E-state index contributed by atoms with van der Waals surface area (Å²) in [6, 6.07) is 7.26. The van der Waals surface area contributed by atoms with Crippen molar-refractivity contribution in [1.82, 2.24) is 9.80 Å². The first-order valence-electron chi connectivity index (χ1n) is 10.0. The summed E-state index contributed by atoms with van der Waals surface area (Å²) in [7, 11) is 0. The molecule has 4 nitrogen and oxygen atoms in total. The lowest BCUT2D eigenvalue weighted by Crippen LogP contribution is -2.43. The Morgan fingerprint density at radius 3 is 1.19 bits per heavy atom. The van der Waals surface area contributed by atoms with E-state index < -0.39 is 0 Å². The molecule has 0 radical (unpaired) electrons. The van der Waals surface area contributed by atoms with Crippen LogP contribution in [-0.4, -0.2) is 47.8 Å². The molecule has 3 rings (SSSR count). The first-order chi connectivity index (χ1) is 12.3. The average molecular weight is 357 g/mol. The Morgan fingerprint density at radius 2 is 0.923 bits per heavy atom. The molecule has 2 heterocycles. The number of benzene rings is 1. The van der Waals surface area contributed by atoms with Gasteiger partial charge >= 0.3 is 0 Å². The van der Waals surface area contributed by atoms with Gasteiger partial charge in [0.1, 0.15) is 0 Å². The molecule has 2 amide bonds. The van der Waals surface area contributed by atoms with Crippen molar-refractivity contribution in [2.24, 2.45) is 23.7 Å². The van der Waals surface area contributed by atoms with Crippen molar-refractivity contribution in [2.75, 3.05) is 26.2 Å². The molecule has 4 atom stereocenters. The van der Waals surface area contributed by atoms with Crippen LogP contribution in [0.25, 0.3) is 0 Å². The Kier molecular flexibility index (Phi) is 5.69. The fourth-order valence-electron chi connectivity index (χ4n) is 4.78. The molecule has 26 heavy (non-hydrogen) atoms. The second kappa shape index (κ2) is 7.81. The molecule has 0 saturated carbocycles. The van der Waals surface area contributed by atoms with Gasteiger partial charge in [-0.25, -0.2) is 0 Å². The van der Waals surface area contributed by atoms with Gasteiger partial charge in [0.2, 0.25) is 0 Å². The van der Waals surface area contributed by atoms with Gasteiger partial charge in [0.25, 0.3) is 11.8 Å². The van der Waals surface area contributed by atoms with Gasteiger partial charge in [0, 0.05) is 37.3 Å². The van der Waals surface area contributed by atoms with Gasteiger partial charge in [-0.15, -0.1) is 0 Å². The molecule has 1 aromatic rings. The number of nitrogens with zero attached hydrogens (tertiary/aromatic N) is 2. The monoisotopic (exact) mass is 356 g/mol. The van der Waals surface area contributed by atoms with Crippen LogP contribution < -0.4 is 0 Å². The summed E-state index contributed by atoms with van der Waals surface area (Å²) in [4.78, 5) is 29.5. The molecule has 0 spiro atoms. The Balaban J connectivity index is 1.68. The number of rotatable bonds is 2. The molecule has 2 aliphatic rings. The van der Waals surface area contributed by atoms with Crippen LogP contribution in [0.5, 0.6) is 0 Å².